The predicted octanol–water partition coefficient (Wildman–Crippen LogP) is 6.79. The standard InChI is InChI=1S/C32H41FN4O2S/c1-32(2,3)27-19-34-31(35-20-27)22-37-16-15-25-18-28(13-12-26(25)21-37)40(38,39)36-30-14-11-24(17-29(30)33)10-6-9-23-7-4-5-8-23/h11-14,17-20,23,36H,4-10,15-16,21-22H2,1-3H3. The molecule has 1 aliphatic carbocycles. The second-order valence-electron chi connectivity index (χ2n) is 12.5. The fourth-order valence-corrected chi connectivity index (χ4v) is 6.93. The van der Waals surface area contributed by atoms with E-state index >= 15 is 0 Å². The largest absolute Gasteiger partial charge is 0.291 e. The number of rotatable bonds is 9. The molecule has 0 bridgehead atoms. The second kappa shape index (κ2) is 12.0. The van der Waals surface area contributed by atoms with Crippen molar-refractivity contribution in [3.63, 3.8) is 0 Å². The average Bonchev–Trinajstić information content (AvgIpc) is 3.43. The molecule has 1 N–H and O–H groups in total. The van der Waals surface area contributed by atoms with E-state index < -0.39 is 15.8 Å². The van der Waals surface area contributed by atoms with E-state index in [1.807, 2.05) is 24.5 Å². The monoisotopic (exact) mass is 564 g/mol. The number of aryl methyl sites for hydroxylation is 1. The van der Waals surface area contributed by atoms with Crippen LogP contribution in [0.3, 0.4) is 0 Å². The van der Waals surface area contributed by atoms with Gasteiger partial charge in [0.05, 0.1) is 17.1 Å². The smallest absolute Gasteiger partial charge is 0.261 e. The van der Waals surface area contributed by atoms with E-state index in [9.17, 15) is 12.8 Å². The minimum absolute atomic E-state index is 0.0128. The Labute approximate surface area is 238 Å². The van der Waals surface area contributed by atoms with Gasteiger partial charge in [0.15, 0.2) is 0 Å². The van der Waals surface area contributed by atoms with Crippen molar-refractivity contribution in [2.75, 3.05) is 11.3 Å². The Morgan fingerprint density at radius 1 is 1.02 bits per heavy atom. The summed E-state index contributed by atoms with van der Waals surface area (Å²) in [5.74, 6) is 1.06. The Bertz CT molecular complexity index is 1430. The lowest BCUT2D eigenvalue weighted by atomic mass is 9.89. The first-order valence-electron chi connectivity index (χ1n) is 14.5. The maximum absolute atomic E-state index is 14.9. The summed E-state index contributed by atoms with van der Waals surface area (Å²) in [6.07, 6.45) is 12.9. The van der Waals surface area contributed by atoms with Crippen molar-refractivity contribution >= 4 is 15.7 Å². The van der Waals surface area contributed by atoms with Crippen LogP contribution in [0.5, 0.6) is 0 Å². The van der Waals surface area contributed by atoms with Crippen molar-refractivity contribution in [2.45, 2.75) is 95.5 Å². The van der Waals surface area contributed by atoms with Crippen LogP contribution in [0.4, 0.5) is 10.1 Å². The van der Waals surface area contributed by atoms with Gasteiger partial charge in [0, 0.05) is 25.5 Å². The molecule has 1 saturated carbocycles. The van der Waals surface area contributed by atoms with Gasteiger partial charge in [-0.1, -0.05) is 65.0 Å². The predicted molar refractivity (Wildman–Crippen MR) is 157 cm³/mol. The number of sulfonamides is 1. The molecular weight excluding hydrogens is 523 g/mol. The Morgan fingerprint density at radius 2 is 1.77 bits per heavy atom. The lowest BCUT2D eigenvalue weighted by molar-refractivity contribution is 0.239. The molecule has 2 heterocycles. The normalized spacial score (nSPS) is 16.7. The average molecular weight is 565 g/mol. The van der Waals surface area contributed by atoms with Crippen LogP contribution in [-0.4, -0.2) is 29.8 Å². The first kappa shape index (κ1) is 28.7. The van der Waals surface area contributed by atoms with Crippen LogP contribution in [0, 0.1) is 11.7 Å². The lowest BCUT2D eigenvalue weighted by Crippen LogP contribution is -2.31. The zero-order valence-corrected chi connectivity index (χ0v) is 24.7. The highest BCUT2D eigenvalue weighted by atomic mass is 32.2. The molecule has 0 spiro atoms. The van der Waals surface area contributed by atoms with Crippen LogP contribution < -0.4 is 4.72 Å². The van der Waals surface area contributed by atoms with E-state index in [-0.39, 0.29) is 16.0 Å². The molecule has 2 aromatic carbocycles. The number of anilines is 1. The number of hydrogen-bond acceptors (Lipinski definition) is 5. The number of benzene rings is 2. The summed E-state index contributed by atoms with van der Waals surface area (Å²) >= 11 is 0. The number of nitrogens with zero attached hydrogens (tertiary/aromatic N) is 3. The van der Waals surface area contributed by atoms with Crippen molar-refractivity contribution in [3.05, 3.63) is 82.7 Å². The summed E-state index contributed by atoms with van der Waals surface area (Å²) in [5.41, 5.74) is 4.10. The van der Waals surface area contributed by atoms with E-state index in [1.54, 1.807) is 18.2 Å². The summed E-state index contributed by atoms with van der Waals surface area (Å²) in [4.78, 5) is 11.5. The van der Waals surface area contributed by atoms with Crippen molar-refractivity contribution in [2.24, 2.45) is 5.92 Å². The molecule has 8 heteroatoms. The van der Waals surface area contributed by atoms with Gasteiger partial charge in [-0.05, 0) is 77.1 Å². The van der Waals surface area contributed by atoms with Crippen LogP contribution in [0.25, 0.3) is 0 Å². The highest BCUT2D eigenvalue weighted by Gasteiger charge is 2.23. The summed E-state index contributed by atoms with van der Waals surface area (Å²) in [6.45, 7) is 8.55. The van der Waals surface area contributed by atoms with Gasteiger partial charge < -0.3 is 0 Å². The second-order valence-corrected chi connectivity index (χ2v) is 14.2. The molecule has 0 atom stereocenters. The van der Waals surface area contributed by atoms with Crippen molar-refractivity contribution in [1.29, 1.82) is 0 Å². The van der Waals surface area contributed by atoms with Gasteiger partial charge in [-0.15, -0.1) is 0 Å². The molecule has 0 amide bonds. The zero-order valence-electron chi connectivity index (χ0n) is 23.9. The molecule has 0 saturated heterocycles. The summed E-state index contributed by atoms with van der Waals surface area (Å²) in [6, 6.07) is 10.0. The first-order valence-corrected chi connectivity index (χ1v) is 16.0. The summed E-state index contributed by atoms with van der Waals surface area (Å²) < 4.78 is 43.6. The molecule has 5 rings (SSSR count). The van der Waals surface area contributed by atoms with Gasteiger partial charge in [-0.25, -0.2) is 22.8 Å². The van der Waals surface area contributed by atoms with Crippen molar-refractivity contribution in [1.82, 2.24) is 14.9 Å². The van der Waals surface area contributed by atoms with Gasteiger partial charge in [-0.3, -0.25) is 9.62 Å². The van der Waals surface area contributed by atoms with Gasteiger partial charge in [0.25, 0.3) is 10.0 Å². The third-order valence-corrected chi connectivity index (χ3v) is 9.71. The number of aromatic nitrogens is 2. The third kappa shape index (κ3) is 7.07. The maximum Gasteiger partial charge on any atom is 0.261 e. The van der Waals surface area contributed by atoms with E-state index in [0.29, 0.717) is 13.1 Å². The number of fused-ring (bicyclic) bond motifs is 1. The molecule has 1 aliphatic heterocycles. The highest BCUT2D eigenvalue weighted by Crippen LogP contribution is 2.30. The van der Waals surface area contributed by atoms with Gasteiger partial charge in [0.1, 0.15) is 11.6 Å². The Kier molecular flexibility index (Phi) is 8.57. The minimum Gasteiger partial charge on any atom is -0.291 e. The van der Waals surface area contributed by atoms with Crippen LogP contribution in [0.1, 0.15) is 87.4 Å². The Hall–Kier alpha value is -2.84. The quantitative estimate of drug-likeness (QED) is 0.310. The van der Waals surface area contributed by atoms with Crippen LogP contribution in [-0.2, 0) is 41.4 Å². The molecule has 0 unspecified atom stereocenters. The van der Waals surface area contributed by atoms with Gasteiger partial charge in [-0.2, -0.15) is 0 Å². The topological polar surface area (TPSA) is 75.2 Å². The molecule has 0 radical (unpaired) electrons. The molecule has 1 fully saturated rings. The summed E-state index contributed by atoms with van der Waals surface area (Å²) in [7, 11) is -3.91. The number of halogens is 1. The number of hydrogen-bond donors (Lipinski definition) is 1. The third-order valence-electron chi connectivity index (χ3n) is 8.35. The van der Waals surface area contributed by atoms with Crippen LogP contribution in [0.15, 0.2) is 53.7 Å². The number of nitrogens with one attached hydrogen (secondary N) is 1. The zero-order chi connectivity index (χ0) is 28.3. The Morgan fingerprint density at radius 3 is 2.48 bits per heavy atom. The fraction of sp³-hybridized carbons (Fsp3) is 0.500. The lowest BCUT2D eigenvalue weighted by Gasteiger charge is -2.28. The molecule has 6 nitrogen and oxygen atoms in total. The molecule has 214 valence electrons. The summed E-state index contributed by atoms with van der Waals surface area (Å²) in [5, 5.41) is 0. The van der Waals surface area contributed by atoms with E-state index in [1.165, 1.54) is 38.2 Å². The van der Waals surface area contributed by atoms with Crippen molar-refractivity contribution in [3.8, 4) is 0 Å². The minimum atomic E-state index is -3.91. The SMILES string of the molecule is CC(C)(C)c1cnc(CN2CCc3cc(S(=O)(=O)Nc4ccc(CCCC5CCCC5)cc4F)ccc3C2)nc1. The van der Waals surface area contributed by atoms with Crippen LogP contribution in [0.2, 0.25) is 0 Å². The van der Waals surface area contributed by atoms with Gasteiger partial charge in [0.2, 0.25) is 0 Å². The molecule has 1 aromatic heterocycles. The van der Waals surface area contributed by atoms with Crippen molar-refractivity contribution < 1.29 is 12.8 Å². The highest BCUT2D eigenvalue weighted by molar-refractivity contribution is 7.92. The Balaban J connectivity index is 1.19. The molecule has 2 aliphatic rings. The first-order chi connectivity index (χ1) is 19.1. The fourth-order valence-electron chi connectivity index (χ4n) is 5.81. The van der Waals surface area contributed by atoms with Gasteiger partial charge >= 0.3 is 0 Å². The van der Waals surface area contributed by atoms with E-state index in [4.69, 9.17) is 0 Å². The molecular formula is C32H41FN4O2S. The molecule has 3 aromatic rings. The molecule has 40 heavy (non-hydrogen) atoms. The van der Waals surface area contributed by atoms with E-state index in [0.717, 1.165) is 59.8 Å². The maximum atomic E-state index is 14.9. The van der Waals surface area contributed by atoms with Crippen LogP contribution >= 0.6 is 0 Å². The van der Waals surface area contributed by atoms with E-state index in [2.05, 4.69) is 40.4 Å².